The standard InChI is InChI=1S/C15H30N2O2/c1-12(2)18-11-14-7-15(9-17(14)4)19-10-13-5-6-16(3)8-13/h12-15H,5-11H2,1-4H3/t13-,14+,15?/m1/s1. The van der Waals surface area contributed by atoms with E-state index < -0.39 is 0 Å². The van der Waals surface area contributed by atoms with E-state index in [0.717, 1.165) is 32.1 Å². The molecule has 0 N–H and O–H groups in total. The maximum absolute atomic E-state index is 6.12. The molecule has 0 saturated carbocycles. The topological polar surface area (TPSA) is 24.9 Å². The molecule has 0 amide bonds. The number of hydrogen-bond donors (Lipinski definition) is 0. The normalized spacial score (nSPS) is 33.6. The number of likely N-dealkylation sites (tertiary alicyclic amines) is 2. The quantitative estimate of drug-likeness (QED) is 0.729. The van der Waals surface area contributed by atoms with E-state index in [0.29, 0.717) is 18.2 Å². The molecule has 0 aromatic rings. The number of ether oxygens (including phenoxy) is 2. The van der Waals surface area contributed by atoms with Crippen LogP contribution in [0.5, 0.6) is 0 Å². The molecule has 0 aliphatic carbocycles. The summed E-state index contributed by atoms with van der Waals surface area (Å²) in [5.41, 5.74) is 0. The van der Waals surface area contributed by atoms with E-state index in [-0.39, 0.29) is 0 Å². The second-order valence-corrected chi connectivity index (χ2v) is 6.58. The van der Waals surface area contributed by atoms with Gasteiger partial charge in [0.1, 0.15) is 0 Å². The lowest BCUT2D eigenvalue weighted by Crippen LogP contribution is -2.30. The Hall–Kier alpha value is -0.160. The SMILES string of the molecule is CC(C)OC[C@@H]1CC(OC[C@@H]2CCN(C)C2)CN1C. The highest BCUT2D eigenvalue weighted by Crippen LogP contribution is 2.22. The molecule has 2 heterocycles. The van der Waals surface area contributed by atoms with Gasteiger partial charge in [-0.05, 0) is 53.2 Å². The van der Waals surface area contributed by atoms with Crippen molar-refractivity contribution in [3.8, 4) is 0 Å². The van der Waals surface area contributed by atoms with Crippen molar-refractivity contribution in [2.45, 2.75) is 44.9 Å². The van der Waals surface area contributed by atoms with Crippen LogP contribution in [-0.4, -0.2) is 75.0 Å². The van der Waals surface area contributed by atoms with E-state index in [1.807, 2.05) is 0 Å². The molecule has 112 valence electrons. The molecule has 0 aromatic carbocycles. The lowest BCUT2D eigenvalue weighted by atomic mass is 10.1. The van der Waals surface area contributed by atoms with Gasteiger partial charge < -0.3 is 14.4 Å². The van der Waals surface area contributed by atoms with E-state index in [1.54, 1.807) is 0 Å². The maximum atomic E-state index is 6.12. The molecular formula is C15H30N2O2. The van der Waals surface area contributed by atoms with Crippen LogP contribution in [-0.2, 0) is 9.47 Å². The summed E-state index contributed by atoms with van der Waals surface area (Å²) in [6, 6.07) is 0.527. The Labute approximate surface area is 118 Å². The van der Waals surface area contributed by atoms with E-state index in [2.05, 4.69) is 37.7 Å². The summed E-state index contributed by atoms with van der Waals surface area (Å²) in [6.45, 7) is 9.43. The summed E-state index contributed by atoms with van der Waals surface area (Å²) in [7, 11) is 4.38. The van der Waals surface area contributed by atoms with Crippen molar-refractivity contribution in [1.82, 2.24) is 9.80 Å². The van der Waals surface area contributed by atoms with Gasteiger partial charge in [-0.1, -0.05) is 0 Å². The summed E-state index contributed by atoms with van der Waals surface area (Å²) in [4.78, 5) is 4.78. The van der Waals surface area contributed by atoms with Crippen molar-refractivity contribution in [3.63, 3.8) is 0 Å². The number of nitrogens with zero attached hydrogens (tertiary/aromatic N) is 2. The zero-order chi connectivity index (χ0) is 13.8. The molecule has 4 nitrogen and oxygen atoms in total. The maximum Gasteiger partial charge on any atom is 0.0717 e. The molecule has 0 bridgehead atoms. The van der Waals surface area contributed by atoms with E-state index in [1.165, 1.54) is 19.5 Å². The van der Waals surface area contributed by atoms with Gasteiger partial charge in [0.2, 0.25) is 0 Å². The first-order chi connectivity index (χ1) is 9.04. The fraction of sp³-hybridized carbons (Fsp3) is 1.00. The number of likely N-dealkylation sites (N-methyl/N-ethyl adjacent to an activating group) is 1. The van der Waals surface area contributed by atoms with Gasteiger partial charge in [0, 0.05) is 19.1 Å². The molecule has 0 spiro atoms. The van der Waals surface area contributed by atoms with Gasteiger partial charge in [0.05, 0.1) is 25.4 Å². The van der Waals surface area contributed by atoms with E-state index >= 15 is 0 Å². The van der Waals surface area contributed by atoms with Gasteiger partial charge in [-0.15, -0.1) is 0 Å². The first-order valence-electron chi connectivity index (χ1n) is 7.66. The van der Waals surface area contributed by atoms with Crippen LogP contribution in [0.4, 0.5) is 0 Å². The van der Waals surface area contributed by atoms with Gasteiger partial charge in [0.15, 0.2) is 0 Å². The Morgan fingerprint density at radius 3 is 2.58 bits per heavy atom. The fourth-order valence-electron chi connectivity index (χ4n) is 3.08. The lowest BCUT2D eigenvalue weighted by molar-refractivity contribution is 0.0334. The molecule has 2 saturated heterocycles. The summed E-state index contributed by atoms with van der Waals surface area (Å²) in [5.74, 6) is 0.737. The third kappa shape index (κ3) is 4.71. The van der Waals surface area contributed by atoms with E-state index in [4.69, 9.17) is 9.47 Å². The van der Waals surface area contributed by atoms with Crippen LogP contribution in [0.1, 0.15) is 26.7 Å². The van der Waals surface area contributed by atoms with Crippen molar-refractivity contribution in [2.24, 2.45) is 5.92 Å². The molecule has 4 heteroatoms. The Morgan fingerprint density at radius 2 is 1.95 bits per heavy atom. The first kappa shape index (κ1) is 15.2. The summed E-state index contributed by atoms with van der Waals surface area (Å²) in [6.07, 6.45) is 3.13. The molecule has 2 fully saturated rings. The highest BCUT2D eigenvalue weighted by Gasteiger charge is 2.31. The minimum absolute atomic E-state index is 0.322. The molecule has 2 rings (SSSR count). The Morgan fingerprint density at radius 1 is 1.16 bits per heavy atom. The van der Waals surface area contributed by atoms with E-state index in [9.17, 15) is 0 Å². The molecule has 2 aliphatic rings. The van der Waals surface area contributed by atoms with Crippen LogP contribution in [0.2, 0.25) is 0 Å². The molecule has 1 unspecified atom stereocenters. The second kappa shape index (κ2) is 7.02. The van der Waals surface area contributed by atoms with Gasteiger partial charge in [0.25, 0.3) is 0 Å². The van der Waals surface area contributed by atoms with Crippen molar-refractivity contribution in [1.29, 1.82) is 0 Å². The highest BCUT2D eigenvalue weighted by atomic mass is 16.5. The largest absolute Gasteiger partial charge is 0.377 e. The zero-order valence-electron chi connectivity index (χ0n) is 13.0. The molecule has 2 aliphatic heterocycles. The average Bonchev–Trinajstić information content (AvgIpc) is 2.90. The lowest BCUT2D eigenvalue weighted by Gasteiger charge is -2.19. The highest BCUT2D eigenvalue weighted by molar-refractivity contribution is 4.84. The smallest absolute Gasteiger partial charge is 0.0717 e. The average molecular weight is 270 g/mol. The first-order valence-corrected chi connectivity index (χ1v) is 7.66. The minimum atomic E-state index is 0.322. The molecular weight excluding hydrogens is 240 g/mol. The summed E-state index contributed by atoms with van der Waals surface area (Å²) in [5, 5.41) is 0. The number of rotatable bonds is 6. The van der Waals surface area contributed by atoms with Crippen molar-refractivity contribution in [2.75, 3.05) is 46.9 Å². The Kier molecular flexibility index (Phi) is 5.63. The summed E-state index contributed by atoms with van der Waals surface area (Å²) < 4.78 is 11.9. The van der Waals surface area contributed by atoms with Crippen LogP contribution >= 0.6 is 0 Å². The minimum Gasteiger partial charge on any atom is -0.377 e. The van der Waals surface area contributed by atoms with Gasteiger partial charge in [-0.25, -0.2) is 0 Å². The molecule has 0 radical (unpaired) electrons. The third-order valence-corrected chi connectivity index (χ3v) is 4.33. The Balaban J connectivity index is 1.65. The van der Waals surface area contributed by atoms with Crippen molar-refractivity contribution >= 4 is 0 Å². The van der Waals surface area contributed by atoms with Crippen LogP contribution < -0.4 is 0 Å². The van der Waals surface area contributed by atoms with Crippen LogP contribution in [0.25, 0.3) is 0 Å². The molecule has 0 aromatic heterocycles. The Bertz CT molecular complexity index is 273. The van der Waals surface area contributed by atoms with Gasteiger partial charge in [-0.3, -0.25) is 4.90 Å². The number of hydrogen-bond acceptors (Lipinski definition) is 4. The molecule has 3 atom stereocenters. The monoisotopic (exact) mass is 270 g/mol. The second-order valence-electron chi connectivity index (χ2n) is 6.58. The molecule has 19 heavy (non-hydrogen) atoms. The van der Waals surface area contributed by atoms with Crippen LogP contribution in [0.15, 0.2) is 0 Å². The third-order valence-electron chi connectivity index (χ3n) is 4.33. The summed E-state index contributed by atoms with van der Waals surface area (Å²) >= 11 is 0. The zero-order valence-corrected chi connectivity index (χ0v) is 13.0. The van der Waals surface area contributed by atoms with Crippen LogP contribution in [0, 0.1) is 5.92 Å². The predicted octanol–water partition coefficient (Wildman–Crippen LogP) is 1.45. The van der Waals surface area contributed by atoms with Gasteiger partial charge >= 0.3 is 0 Å². The predicted molar refractivity (Wildman–Crippen MR) is 77.5 cm³/mol. The fourth-order valence-corrected chi connectivity index (χ4v) is 3.08. The van der Waals surface area contributed by atoms with Crippen molar-refractivity contribution < 1.29 is 9.47 Å². The van der Waals surface area contributed by atoms with Gasteiger partial charge in [-0.2, -0.15) is 0 Å². The van der Waals surface area contributed by atoms with Crippen LogP contribution in [0.3, 0.4) is 0 Å². The van der Waals surface area contributed by atoms with Crippen molar-refractivity contribution in [3.05, 3.63) is 0 Å².